The largest absolute Gasteiger partial charge is 0.416 e. The van der Waals surface area contributed by atoms with Gasteiger partial charge < -0.3 is 9.55 Å². The van der Waals surface area contributed by atoms with E-state index in [1.807, 2.05) is 40.4 Å². The molecule has 9 heteroatoms. The first-order valence-electron chi connectivity index (χ1n) is 10.1. The van der Waals surface area contributed by atoms with E-state index in [2.05, 4.69) is 14.9 Å². The first kappa shape index (κ1) is 20.7. The molecule has 0 saturated carbocycles. The number of halogens is 3. The van der Waals surface area contributed by atoms with E-state index in [9.17, 15) is 18.0 Å². The summed E-state index contributed by atoms with van der Waals surface area (Å²) in [6, 6.07) is 12.8. The highest BCUT2D eigenvalue weighted by Gasteiger charge is 2.30. The van der Waals surface area contributed by atoms with E-state index in [-0.39, 0.29) is 5.56 Å². The molecular weight excluding hydrogens is 437 g/mol. The predicted molar refractivity (Wildman–Crippen MR) is 117 cm³/mol. The van der Waals surface area contributed by atoms with E-state index in [1.54, 1.807) is 0 Å². The van der Waals surface area contributed by atoms with Crippen molar-refractivity contribution >= 4 is 11.3 Å². The zero-order valence-corrected chi connectivity index (χ0v) is 17.7. The molecule has 1 aliphatic rings. The van der Waals surface area contributed by atoms with Crippen LogP contribution in [0.5, 0.6) is 0 Å². The minimum atomic E-state index is -4.36. The van der Waals surface area contributed by atoms with Crippen LogP contribution in [0.15, 0.2) is 64.9 Å². The molecular formula is C23H19F3N4OS. The van der Waals surface area contributed by atoms with Crippen LogP contribution in [0.25, 0.3) is 16.4 Å². The fourth-order valence-corrected chi connectivity index (χ4v) is 4.65. The van der Waals surface area contributed by atoms with E-state index in [4.69, 9.17) is 0 Å². The Labute approximate surface area is 185 Å². The number of hydrogen-bond donors (Lipinski definition) is 1. The summed E-state index contributed by atoms with van der Waals surface area (Å²) in [6.07, 6.45) is -1.86. The summed E-state index contributed by atoms with van der Waals surface area (Å²) in [5.74, 6) is 0.605. The number of fused-ring (bicyclic) bond motifs is 1. The number of H-pyrrole nitrogens is 1. The fraction of sp³-hybridized carbons (Fsp3) is 0.217. The van der Waals surface area contributed by atoms with Crippen LogP contribution in [-0.2, 0) is 25.7 Å². The molecule has 0 atom stereocenters. The van der Waals surface area contributed by atoms with Crippen molar-refractivity contribution in [2.75, 3.05) is 6.54 Å². The topological polar surface area (TPSA) is 53.9 Å². The Morgan fingerprint density at radius 1 is 1.09 bits per heavy atom. The second kappa shape index (κ2) is 8.07. The van der Waals surface area contributed by atoms with Gasteiger partial charge in [-0.05, 0) is 47.8 Å². The molecule has 1 N–H and O–H groups in total. The molecule has 0 aliphatic carbocycles. The van der Waals surface area contributed by atoms with Gasteiger partial charge in [-0.3, -0.25) is 9.69 Å². The highest BCUT2D eigenvalue weighted by molar-refractivity contribution is 7.13. The van der Waals surface area contributed by atoms with Crippen molar-refractivity contribution < 1.29 is 13.2 Å². The number of thiophene rings is 1. The number of alkyl halides is 3. The average Bonchev–Trinajstić information content (AvgIpc) is 3.46. The second-order valence-corrected chi connectivity index (χ2v) is 8.64. The van der Waals surface area contributed by atoms with Crippen LogP contribution in [0.3, 0.4) is 0 Å². The highest BCUT2D eigenvalue weighted by Crippen LogP contribution is 2.30. The van der Waals surface area contributed by atoms with Gasteiger partial charge in [0.25, 0.3) is 5.56 Å². The average molecular weight is 456 g/mol. The van der Waals surface area contributed by atoms with E-state index >= 15 is 0 Å². The Kier molecular flexibility index (Phi) is 5.22. The lowest BCUT2D eigenvalue weighted by molar-refractivity contribution is -0.137. The minimum absolute atomic E-state index is 0.124. The molecule has 0 amide bonds. The normalized spacial score (nSPS) is 14.5. The molecule has 5 rings (SSSR count). The zero-order valence-electron chi connectivity index (χ0n) is 16.9. The molecule has 0 fully saturated rings. The van der Waals surface area contributed by atoms with Gasteiger partial charge in [-0.15, -0.1) is 11.3 Å². The maximum absolute atomic E-state index is 12.9. The maximum atomic E-state index is 12.9. The quantitative estimate of drug-likeness (QED) is 0.477. The van der Waals surface area contributed by atoms with E-state index in [0.717, 1.165) is 34.9 Å². The van der Waals surface area contributed by atoms with Crippen LogP contribution in [0.2, 0.25) is 0 Å². The smallest absolute Gasteiger partial charge is 0.320 e. The first-order chi connectivity index (χ1) is 15.4. The van der Waals surface area contributed by atoms with Crippen molar-refractivity contribution in [1.29, 1.82) is 0 Å². The summed E-state index contributed by atoms with van der Waals surface area (Å²) in [6.45, 7) is 1.78. The Morgan fingerprint density at radius 2 is 1.91 bits per heavy atom. The van der Waals surface area contributed by atoms with Crippen LogP contribution >= 0.6 is 11.3 Å². The Bertz CT molecular complexity index is 1290. The molecule has 1 aliphatic heterocycles. The van der Waals surface area contributed by atoms with E-state index in [1.165, 1.54) is 23.5 Å². The molecule has 0 spiro atoms. The molecule has 1 aromatic carbocycles. The van der Waals surface area contributed by atoms with Crippen LogP contribution in [0.4, 0.5) is 13.2 Å². The molecule has 4 heterocycles. The zero-order chi connectivity index (χ0) is 22.3. The summed E-state index contributed by atoms with van der Waals surface area (Å²) in [4.78, 5) is 23.4. The molecule has 32 heavy (non-hydrogen) atoms. The van der Waals surface area contributed by atoms with Gasteiger partial charge >= 0.3 is 6.18 Å². The van der Waals surface area contributed by atoms with Crippen molar-refractivity contribution in [3.8, 4) is 16.4 Å². The fourth-order valence-electron chi connectivity index (χ4n) is 3.98. The molecule has 3 aromatic heterocycles. The summed E-state index contributed by atoms with van der Waals surface area (Å²) < 4.78 is 40.5. The molecule has 0 unspecified atom stereocenters. The van der Waals surface area contributed by atoms with Crippen molar-refractivity contribution in [3.63, 3.8) is 0 Å². The molecule has 164 valence electrons. The standard InChI is InChI=1S/C23H19F3N4OS/c24-23(25,26)15-5-7-16(8-6-15)30-10-1-3-17(30)13-29-11-9-19-18(14-29)22(31)28-21(27-19)20-4-2-12-32-20/h1-8,10,12H,9,11,13-14H2,(H,27,28,31). The number of aromatic amines is 1. The van der Waals surface area contributed by atoms with E-state index < -0.39 is 11.7 Å². The number of benzene rings is 1. The number of hydrogen-bond acceptors (Lipinski definition) is 4. The third kappa shape index (κ3) is 4.01. The van der Waals surface area contributed by atoms with Gasteiger partial charge in [-0.1, -0.05) is 6.07 Å². The monoisotopic (exact) mass is 456 g/mol. The second-order valence-electron chi connectivity index (χ2n) is 7.69. The van der Waals surface area contributed by atoms with Gasteiger partial charge in [0.2, 0.25) is 0 Å². The van der Waals surface area contributed by atoms with Gasteiger partial charge in [0.15, 0.2) is 5.82 Å². The summed E-state index contributed by atoms with van der Waals surface area (Å²) in [5.41, 5.74) is 2.30. The summed E-state index contributed by atoms with van der Waals surface area (Å²) in [7, 11) is 0. The van der Waals surface area contributed by atoms with Crippen molar-refractivity contribution in [2.24, 2.45) is 0 Å². The van der Waals surface area contributed by atoms with E-state index in [0.29, 0.717) is 36.6 Å². The van der Waals surface area contributed by atoms with Gasteiger partial charge in [0, 0.05) is 43.6 Å². The van der Waals surface area contributed by atoms with Crippen LogP contribution in [0.1, 0.15) is 22.5 Å². The lowest BCUT2D eigenvalue weighted by Gasteiger charge is -2.28. The molecule has 4 aromatic rings. The van der Waals surface area contributed by atoms with Crippen molar-refractivity contribution in [3.05, 3.63) is 93.0 Å². The van der Waals surface area contributed by atoms with Gasteiger partial charge in [-0.2, -0.15) is 13.2 Å². The maximum Gasteiger partial charge on any atom is 0.416 e. The first-order valence-corrected chi connectivity index (χ1v) is 11.0. The molecule has 0 saturated heterocycles. The Morgan fingerprint density at radius 3 is 2.62 bits per heavy atom. The lowest BCUT2D eigenvalue weighted by atomic mass is 10.1. The summed E-state index contributed by atoms with van der Waals surface area (Å²) in [5, 5.41) is 1.95. The number of nitrogens with one attached hydrogen (secondary N) is 1. The highest BCUT2D eigenvalue weighted by atomic mass is 32.1. The molecule has 0 bridgehead atoms. The number of rotatable bonds is 4. The van der Waals surface area contributed by atoms with Crippen LogP contribution < -0.4 is 5.56 Å². The summed E-state index contributed by atoms with van der Waals surface area (Å²) >= 11 is 1.53. The van der Waals surface area contributed by atoms with Crippen molar-refractivity contribution in [2.45, 2.75) is 25.7 Å². The van der Waals surface area contributed by atoms with Crippen LogP contribution in [0, 0.1) is 0 Å². The third-order valence-corrected chi connectivity index (χ3v) is 6.47. The Hall–Kier alpha value is -3.17. The number of nitrogens with zero attached hydrogens (tertiary/aromatic N) is 3. The molecule has 0 radical (unpaired) electrons. The number of aromatic nitrogens is 3. The van der Waals surface area contributed by atoms with Gasteiger partial charge in [0.05, 0.1) is 21.7 Å². The third-order valence-electron chi connectivity index (χ3n) is 5.59. The molecule has 5 nitrogen and oxygen atoms in total. The van der Waals surface area contributed by atoms with Crippen LogP contribution in [-0.4, -0.2) is 26.0 Å². The minimum Gasteiger partial charge on any atom is -0.320 e. The lowest BCUT2D eigenvalue weighted by Crippen LogP contribution is -2.35. The van der Waals surface area contributed by atoms with Gasteiger partial charge in [0.1, 0.15) is 0 Å². The van der Waals surface area contributed by atoms with Crippen molar-refractivity contribution in [1.82, 2.24) is 19.4 Å². The predicted octanol–water partition coefficient (Wildman–Crippen LogP) is 4.87. The SMILES string of the molecule is O=c1[nH]c(-c2cccs2)nc2c1CN(Cc1cccn1-c1ccc(C(F)(F)F)cc1)CC2. The Balaban J connectivity index is 1.35. The van der Waals surface area contributed by atoms with Gasteiger partial charge in [-0.25, -0.2) is 4.98 Å².